The van der Waals surface area contributed by atoms with Gasteiger partial charge in [-0.3, -0.25) is 9.59 Å². The topological polar surface area (TPSA) is 106 Å². The van der Waals surface area contributed by atoms with Gasteiger partial charge in [0, 0.05) is 22.9 Å². The molecule has 2 N–H and O–H groups in total. The highest BCUT2D eigenvalue weighted by molar-refractivity contribution is 7.99. The maximum absolute atomic E-state index is 13.2. The van der Waals surface area contributed by atoms with Gasteiger partial charge in [0.1, 0.15) is 10.8 Å². The number of amides is 2. The lowest BCUT2D eigenvalue weighted by Crippen LogP contribution is -2.25. The van der Waals surface area contributed by atoms with Gasteiger partial charge in [0.2, 0.25) is 11.8 Å². The van der Waals surface area contributed by atoms with E-state index >= 15 is 0 Å². The smallest absolute Gasteiger partial charge is 0.277 e. The molecule has 0 bridgehead atoms. The van der Waals surface area contributed by atoms with Crippen molar-refractivity contribution in [2.24, 2.45) is 0 Å². The Balaban J connectivity index is 1.12. The zero-order valence-corrected chi connectivity index (χ0v) is 25.2. The van der Waals surface area contributed by atoms with Gasteiger partial charge in [-0.05, 0) is 61.4 Å². The lowest BCUT2D eigenvalue weighted by molar-refractivity contribution is -0.113. The summed E-state index contributed by atoms with van der Waals surface area (Å²) in [7, 11) is 0. The molecule has 0 unspecified atom stereocenters. The molecule has 41 heavy (non-hydrogen) atoms. The molecule has 1 aliphatic carbocycles. The van der Waals surface area contributed by atoms with E-state index in [1.54, 1.807) is 18.2 Å². The molecule has 0 fully saturated rings. The van der Waals surface area contributed by atoms with Crippen LogP contribution < -0.4 is 15.4 Å². The van der Waals surface area contributed by atoms with Crippen LogP contribution in [0.5, 0.6) is 5.75 Å². The molecule has 8 nitrogen and oxygen atoms in total. The average molecular weight is 632 g/mol. The molecule has 12 heteroatoms. The number of halogens is 2. The Labute approximate surface area is 256 Å². The van der Waals surface area contributed by atoms with Crippen molar-refractivity contribution >= 4 is 63.1 Å². The van der Waals surface area contributed by atoms with Gasteiger partial charge >= 0.3 is 0 Å². The van der Waals surface area contributed by atoms with E-state index in [0.717, 1.165) is 48.6 Å². The van der Waals surface area contributed by atoms with Gasteiger partial charge in [0.05, 0.1) is 22.9 Å². The van der Waals surface area contributed by atoms with Crippen LogP contribution in [0.2, 0.25) is 10.0 Å². The van der Waals surface area contributed by atoms with Crippen LogP contribution in [0.15, 0.2) is 58.2 Å². The number of rotatable bonds is 12. The monoisotopic (exact) mass is 630 g/mol. The highest BCUT2D eigenvalue weighted by atomic mass is 35.5. The molecule has 2 aromatic heterocycles. The number of aryl methyl sites for hydroxylation is 2. The third-order valence-corrected chi connectivity index (χ3v) is 8.96. The first kappa shape index (κ1) is 29.4. The first-order chi connectivity index (χ1) is 20.0. The molecule has 214 valence electrons. The average Bonchev–Trinajstić information content (AvgIpc) is 3.58. The van der Waals surface area contributed by atoms with Gasteiger partial charge in [0.15, 0.2) is 0 Å². The van der Waals surface area contributed by atoms with Gasteiger partial charge in [-0.2, -0.15) is 0 Å². The Morgan fingerprint density at radius 2 is 1.90 bits per heavy atom. The van der Waals surface area contributed by atoms with E-state index in [4.69, 9.17) is 32.4 Å². The van der Waals surface area contributed by atoms with E-state index in [1.807, 2.05) is 30.3 Å². The Bertz CT molecular complexity index is 1510. The quantitative estimate of drug-likeness (QED) is 0.128. The van der Waals surface area contributed by atoms with Crippen molar-refractivity contribution in [3.8, 4) is 5.75 Å². The number of hydrogen-bond acceptors (Lipinski definition) is 8. The second-order valence-electron chi connectivity index (χ2n) is 9.41. The van der Waals surface area contributed by atoms with E-state index in [-0.39, 0.29) is 17.6 Å². The van der Waals surface area contributed by atoms with Crippen molar-refractivity contribution in [1.29, 1.82) is 0 Å². The summed E-state index contributed by atoms with van der Waals surface area (Å²) in [6, 6.07) is 14.8. The molecule has 2 aromatic carbocycles. The summed E-state index contributed by atoms with van der Waals surface area (Å²) in [4.78, 5) is 27.3. The third kappa shape index (κ3) is 8.03. The molecule has 0 saturated heterocycles. The fraction of sp³-hybridized carbons (Fsp3) is 0.310. The number of thioether (sulfide) groups is 1. The van der Waals surface area contributed by atoms with Gasteiger partial charge in [0.25, 0.3) is 11.1 Å². The predicted octanol–water partition coefficient (Wildman–Crippen LogP) is 6.99. The Hall–Kier alpha value is -3.05. The molecular formula is C29H28Cl2N4O4S2. The predicted molar refractivity (Wildman–Crippen MR) is 163 cm³/mol. The summed E-state index contributed by atoms with van der Waals surface area (Å²) in [5, 5.41) is 16.0. The summed E-state index contributed by atoms with van der Waals surface area (Å²) in [5.74, 6) is 0.695. The lowest BCUT2D eigenvalue weighted by Gasteiger charge is -2.13. The van der Waals surface area contributed by atoms with Crippen LogP contribution in [0.4, 0.5) is 5.00 Å². The molecule has 1 aliphatic rings. The van der Waals surface area contributed by atoms with Gasteiger partial charge in [-0.25, -0.2) is 0 Å². The number of hydrogen-bond donors (Lipinski definition) is 2. The van der Waals surface area contributed by atoms with Crippen molar-refractivity contribution in [1.82, 2.24) is 15.5 Å². The van der Waals surface area contributed by atoms with E-state index in [2.05, 4.69) is 20.8 Å². The van der Waals surface area contributed by atoms with Crippen molar-refractivity contribution in [3.63, 3.8) is 0 Å². The first-order valence-electron chi connectivity index (χ1n) is 13.3. The summed E-state index contributed by atoms with van der Waals surface area (Å²) in [5.41, 5.74) is 2.66. The molecule has 5 rings (SSSR count). The van der Waals surface area contributed by atoms with Gasteiger partial charge in [-0.1, -0.05) is 65.3 Å². The second kappa shape index (κ2) is 14.2. The second-order valence-corrected chi connectivity index (χ2v) is 12.3. The summed E-state index contributed by atoms with van der Waals surface area (Å²) in [6.07, 6.45) is 5.05. The van der Waals surface area contributed by atoms with E-state index in [9.17, 15) is 9.59 Å². The van der Waals surface area contributed by atoms with Crippen LogP contribution in [0.3, 0.4) is 0 Å². The zero-order chi connectivity index (χ0) is 28.6. The zero-order valence-electron chi connectivity index (χ0n) is 22.1. The Morgan fingerprint density at radius 3 is 2.73 bits per heavy atom. The summed E-state index contributed by atoms with van der Waals surface area (Å²) >= 11 is 14.7. The third-order valence-electron chi connectivity index (χ3n) is 6.41. The number of thiophene rings is 1. The largest absolute Gasteiger partial charge is 0.492 e. The molecule has 0 saturated carbocycles. The number of fused-ring (bicyclic) bond motifs is 1. The van der Waals surface area contributed by atoms with Crippen LogP contribution >= 0.6 is 46.3 Å². The minimum atomic E-state index is -0.237. The molecule has 4 aromatic rings. The molecule has 2 amide bonds. The molecule has 0 atom stereocenters. The van der Waals surface area contributed by atoms with Crippen molar-refractivity contribution in [3.05, 3.63) is 86.0 Å². The van der Waals surface area contributed by atoms with E-state index < -0.39 is 0 Å². The number of carbonyl (C=O) groups is 2. The number of nitrogens with zero attached hydrogens (tertiary/aromatic N) is 2. The van der Waals surface area contributed by atoms with Crippen molar-refractivity contribution in [2.45, 2.75) is 50.3 Å². The highest BCUT2D eigenvalue weighted by Gasteiger charge is 2.26. The fourth-order valence-corrected chi connectivity index (χ4v) is 6.79. The van der Waals surface area contributed by atoms with Crippen LogP contribution in [0.25, 0.3) is 0 Å². The molecule has 0 radical (unpaired) electrons. The Kier molecular flexibility index (Phi) is 10.2. The normalized spacial score (nSPS) is 12.5. The van der Waals surface area contributed by atoms with Crippen molar-refractivity contribution < 1.29 is 18.7 Å². The summed E-state index contributed by atoms with van der Waals surface area (Å²) in [6.45, 7) is 0.842. The van der Waals surface area contributed by atoms with Crippen LogP contribution in [-0.2, 0) is 30.6 Å². The maximum Gasteiger partial charge on any atom is 0.277 e. The molecular weight excluding hydrogens is 603 g/mol. The molecule has 0 spiro atoms. The van der Waals surface area contributed by atoms with Crippen LogP contribution in [0, 0.1) is 0 Å². The van der Waals surface area contributed by atoms with Crippen molar-refractivity contribution in [2.75, 3.05) is 17.7 Å². The number of carbonyl (C=O) groups excluding carboxylic acids is 2. The maximum atomic E-state index is 13.2. The van der Waals surface area contributed by atoms with Gasteiger partial charge < -0.3 is 19.8 Å². The fourth-order valence-electron chi connectivity index (χ4n) is 4.45. The number of anilines is 1. The highest BCUT2D eigenvalue weighted by Crippen LogP contribution is 2.38. The number of ether oxygens (including phenoxy) is 1. The number of benzene rings is 2. The van der Waals surface area contributed by atoms with Crippen LogP contribution in [0.1, 0.15) is 51.5 Å². The minimum absolute atomic E-state index is 0.0768. The molecule has 2 heterocycles. The summed E-state index contributed by atoms with van der Waals surface area (Å²) < 4.78 is 11.4. The number of aromatic nitrogens is 2. The van der Waals surface area contributed by atoms with E-state index in [1.165, 1.54) is 16.2 Å². The standard InChI is InChI=1S/C29H28Cl2N4O4S2/c30-19-12-13-22(21(31)15-19)38-14-6-11-25-34-35-29(39-25)40-17-24(36)33-28-26(20-9-4-5-10-23(20)41-28)27(37)32-16-18-7-2-1-3-8-18/h1-3,7-8,12-13,15H,4-6,9-11,14,16-17H2,(H,32,37)(H,33,36). The van der Waals surface area contributed by atoms with Crippen LogP contribution in [-0.4, -0.2) is 34.4 Å². The Morgan fingerprint density at radius 1 is 1.07 bits per heavy atom. The lowest BCUT2D eigenvalue weighted by atomic mass is 9.95. The van der Waals surface area contributed by atoms with E-state index in [0.29, 0.717) is 63.5 Å². The number of nitrogens with one attached hydrogen (secondary N) is 2. The van der Waals surface area contributed by atoms with Gasteiger partial charge in [-0.15, -0.1) is 21.5 Å². The SMILES string of the molecule is O=C(CSc1nnc(CCCOc2ccc(Cl)cc2Cl)o1)Nc1sc2c(c1C(=O)NCc1ccccc1)CCCC2. The molecule has 0 aliphatic heterocycles. The minimum Gasteiger partial charge on any atom is -0.492 e. The first-order valence-corrected chi connectivity index (χ1v) is 15.8.